The molecule has 116 valence electrons. The van der Waals surface area contributed by atoms with Crippen LogP contribution in [0.3, 0.4) is 0 Å². The fourth-order valence-corrected chi connectivity index (χ4v) is 2.76. The number of hydrogen-bond acceptors (Lipinski definition) is 4. The van der Waals surface area contributed by atoms with E-state index in [2.05, 4.69) is 53.4 Å². The van der Waals surface area contributed by atoms with Crippen LogP contribution in [0.1, 0.15) is 40.5 Å². The average Bonchev–Trinajstić information content (AvgIpc) is 3.02. The molecule has 22 heavy (non-hydrogen) atoms. The second-order valence-corrected chi connectivity index (χ2v) is 6.06. The van der Waals surface area contributed by atoms with Gasteiger partial charge in [0.1, 0.15) is 11.6 Å². The first kappa shape index (κ1) is 15.0. The van der Waals surface area contributed by atoms with E-state index in [0.717, 1.165) is 43.5 Å². The molecule has 3 rings (SSSR count). The zero-order chi connectivity index (χ0) is 15.5. The lowest BCUT2D eigenvalue weighted by atomic mass is 10.0. The van der Waals surface area contributed by atoms with Crippen LogP contribution in [0.15, 0.2) is 24.3 Å². The molecule has 4 nitrogen and oxygen atoms in total. The van der Waals surface area contributed by atoms with Crippen molar-refractivity contribution in [2.75, 3.05) is 18.5 Å². The Morgan fingerprint density at radius 2 is 2.00 bits per heavy atom. The van der Waals surface area contributed by atoms with Crippen molar-refractivity contribution < 1.29 is 4.74 Å². The normalized spacial score (nSPS) is 17.7. The summed E-state index contributed by atoms with van der Waals surface area (Å²) >= 11 is 0. The molecule has 1 fully saturated rings. The maximum atomic E-state index is 5.46. The fourth-order valence-electron chi connectivity index (χ4n) is 2.76. The molecule has 0 amide bonds. The Kier molecular flexibility index (Phi) is 4.39. The molecule has 1 aliphatic rings. The van der Waals surface area contributed by atoms with Crippen molar-refractivity contribution in [3.8, 4) is 0 Å². The molecule has 0 radical (unpaired) electrons. The van der Waals surface area contributed by atoms with Crippen molar-refractivity contribution in [1.29, 1.82) is 0 Å². The largest absolute Gasteiger partial charge is 0.381 e. The Bertz CT molecular complexity index is 663. The van der Waals surface area contributed by atoms with Crippen molar-refractivity contribution in [3.63, 3.8) is 0 Å². The van der Waals surface area contributed by atoms with Crippen LogP contribution >= 0.6 is 0 Å². The molecule has 1 aromatic carbocycles. The van der Waals surface area contributed by atoms with Gasteiger partial charge < -0.3 is 10.1 Å². The number of rotatable bonds is 4. The molecule has 0 unspecified atom stereocenters. The molecule has 0 spiro atoms. The van der Waals surface area contributed by atoms with Gasteiger partial charge in [-0.2, -0.15) is 0 Å². The Hall–Kier alpha value is -1.94. The lowest BCUT2D eigenvalue weighted by Crippen LogP contribution is -2.08. The van der Waals surface area contributed by atoms with Crippen LogP contribution < -0.4 is 5.32 Å². The predicted octanol–water partition coefficient (Wildman–Crippen LogP) is 3.52. The number of aryl methyl sites for hydroxylation is 3. The highest BCUT2D eigenvalue weighted by Crippen LogP contribution is 2.25. The third-order valence-electron chi connectivity index (χ3n) is 4.25. The maximum Gasteiger partial charge on any atom is 0.130 e. The van der Waals surface area contributed by atoms with Gasteiger partial charge in [-0.3, -0.25) is 0 Å². The van der Waals surface area contributed by atoms with Crippen molar-refractivity contribution >= 4 is 5.82 Å². The molecule has 1 saturated heterocycles. The molecule has 0 bridgehead atoms. The summed E-state index contributed by atoms with van der Waals surface area (Å²) in [5.41, 5.74) is 5.00. The SMILES string of the molecule is Cc1nc(NCc2ccc(C)c(C)c2)cc([C@H]2CCOC2)n1. The van der Waals surface area contributed by atoms with Gasteiger partial charge >= 0.3 is 0 Å². The second-order valence-electron chi connectivity index (χ2n) is 6.06. The van der Waals surface area contributed by atoms with E-state index < -0.39 is 0 Å². The summed E-state index contributed by atoms with van der Waals surface area (Å²) < 4.78 is 5.46. The molecule has 0 aliphatic carbocycles. The van der Waals surface area contributed by atoms with Gasteiger partial charge in [0, 0.05) is 25.1 Å². The minimum absolute atomic E-state index is 0.406. The van der Waals surface area contributed by atoms with E-state index in [1.807, 2.05) is 6.92 Å². The Morgan fingerprint density at radius 3 is 2.73 bits per heavy atom. The highest BCUT2D eigenvalue weighted by molar-refractivity contribution is 5.39. The van der Waals surface area contributed by atoms with Crippen LogP contribution in [0.5, 0.6) is 0 Å². The molecular weight excluding hydrogens is 274 g/mol. The number of benzene rings is 1. The minimum Gasteiger partial charge on any atom is -0.381 e. The van der Waals surface area contributed by atoms with Crippen LogP contribution in [0.4, 0.5) is 5.82 Å². The lowest BCUT2D eigenvalue weighted by Gasteiger charge is -2.12. The van der Waals surface area contributed by atoms with Gasteiger partial charge in [-0.25, -0.2) is 9.97 Å². The summed E-state index contributed by atoms with van der Waals surface area (Å²) in [6.07, 6.45) is 1.05. The molecule has 2 aromatic rings. The van der Waals surface area contributed by atoms with E-state index >= 15 is 0 Å². The van der Waals surface area contributed by atoms with E-state index in [-0.39, 0.29) is 0 Å². The number of ether oxygens (including phenoxy) is 1. The van der Waals surface area contributed by atoms with Gasteiger partial charge in [-0.1, -0.05) is 18.2 Å². The zero-order valence-corrected chi connectivity index (χ0v) is 13.5. The van der Waals surface area contributed by atoms with Gasteiger partial charge in [0.2, 0.25) is 0 Å². The van der Waals surface area contributed by atoms with Crippen LogP contribution in [-0.2, 0) is 11.3 Å². The first-order chi connectivity index (χ1) is 10.6. The number of hydrogen-bond donors (Lipinski definition) is 1. The van der Waals surface area contributed by atoms with Crippen molar-refractivity contribution in [3.05, 3.63) is 52.5 Å². The molecule has 1 aliphatic heterocycles. The standard InChI is InChI=1S/C18H23N3O/c1-12-4-5-15(8-13(12)2)10-19-18-9-17(20-14(3)21-18)16-6-7-22-11-16/h4-5,8-9,16H,6-7,10-11H2,1-3H3,(H,19,20,21)/t16-/m0/s1. The van der Waals surface area contributed by atoms with Gasteiger partial charge in [-0.05, 0) is 43.9 Å². The summed E-state index contributed by atoms with van der Waals surface area (Å²) in [6, 6.07) is 8.61. The molecule has 2 heterocycles. The summed E-state index contributed by atoms with van der Waals surface area (Å²) in [5, 5.41) is 3.42. The lowest BCUT2D eigenvalue weighted by molar-refractivity contribution is 0.193. The molecule has 1 N–H and O–H groups in total. The predicted molar refractivity (Wildman–Crippen MR) is 88.2 cm³/mol. The summed E-state index contributed by atoms with van der Waals surface area (Å²) in [4.78, 5) is 9.06. The number of nitrogens with one attached hydrogen (secondary N) is 1. The highest BCUT2D eigenvalue weighted by atomic mass is 16.5. The maximum absolute atomic E-state index is 5.46. The number of aromatic nitrogens is 2. The molecular formula is C18H23N3O. The molecule has 1 aromatic heterocycles. The third kappa shape index (κ3) is 3.45. The fraction of sp³-hybridized carbons (Fsp3) is 0.444. The second kappa shape index (κ2) is 6.44. The molecule has 0 saturated carbocycles. The summed E-state index contributed by atoms with van der Waals surface area (Å²) in [6.45, 7) is 8.60. The first-order valence-corrected chi connectivity index (χ1v) is 7.85. The average molecular weight is 297 g/mol. The zero-order valence-electron chi connectivity index (χ0n) is 13.5. The van der Waals surface area contributed by atoms with Gasteiger partial charge in [-0.15, -0.1) is 0 Å². The highest BCUT2D eigenvalue weighted by Gasteiger charge is 2.20. The van der Waals surface area contributed by atoms with Crippen LogP contribution in [0.2, 0.25) is 0 Å². The van der Waals surface area contributed by atoms with Crippen LogP contribution in [-0.4, -0.2) is 23.2 Å². The van der Waals surface area contributed by atoms with E-state index in [1.165, 1.54) is 16.7 Å². The Labute approximate surface area is 132 Å². The Balaban J connectivity index is 1.72. The number of anilines is 1. The van der Waals surface area contributed by atoms with Crippen molar-refractivity contribution in [2.24, 2.45) is 0 Å². The molecule has 4 heteroatoms. The third-order valence-corrected chi connectivity index (χ3v) is 4.25. The molecule has 1 atom stereocenters. The van der Waals surface area contributed by atoms with Crippen molar-refractivity contribution in [2.45, 2.75) is 39.7 Å². The van der Waals surface area contributed by atoms with Gasteiger partial charge in [0.05, 0.1) is 12.3 Å². The first-order valence-electron chi connectivity index (χ1n) is 7.85. The van der Waals surface area contributed by atoms with Gasteiger partial charge in [0.15, 0.2) is 0 Å². The van der Waals surface area contributed by atoms with Crippen LogP contribution in [0, 0.1) is 20.8 Å². The summed E-state index contributed by atoms with van der Waals surface area (Å²) in [5.74, 6) is 2.11. The van der Waals surface area contributed by atoms with E-state index in [4.69, 9.17) is 4.74 Å². The smallest absolute Gasteiger partial charge is 0.130 e. The summed E-state index contributed by atoms with van der Waals surface area (Å²) in [7, 11) is 0. The Morgan fingerprint density at radius 1 is 1.14 bits per heavy atom. The quantitative estimate of drug-likeness (QED) is 0.938. The van der Waals surface area contributed by atoms with E-state index in [0.29, 0.717) is 5.92 Å². The van der Waals surface area contributed by atoms with Crippen LogP contribution in [0.25, 0.3) is 0 Å². The van der Waals surface area contributed by atoms with Crippen molar-refractivity contribution in [1.82, 2.24) is 9.97 Å². The monoisotopic (exact) mass is 297 g/mol. The van der Waals surface area contributed by atoms with E-state index in [1.54, 1.807) is 0 Å². The number of nitrogens with zero attached hydrogens (tertiary/aromatic N) is 2. The van der Waals surface area contributed by atoms with Gasteiger partial charge in [0.25, 0.3) is 0 Å². The topological polar surface area (TPSA) is 47.0 Å². The minimum atomic E-state index is 0.406. The van der Waals surface area contributed by atoms with E-state index in [9.17, 15) is 0 Å².